The summed E-state index contributed by atoms with van der Waals surface area (Å²) in [5.74, 6) is 0. The van der Waals surface area contributed by atoms with Crippen LogP contribution in [0.25, 0.3) is 33.2 Å². The molecule has 0 aliphatic heterocycles. The maximum atomic E-state index is 4.92. The molecule has 0 atom stereocenters. The van der Waals surface area contributed by atoms with E-state index in [-0.39, 0.29) is 0 Å². The minimum atomic E-state index is 0.926. The van der Waals surface area contributed by atoms with E-state index in [9.17, 15) is 0 Å². The summed E-state index contributed by atoms with van der Waals surface area (Å²) in [7, 11) is 0. The van der Waals surface area contributed by atoms with Crippen LogP contribution in [0.4, 0.5) is 0 Å². The van der Waals surface area contributed by atoms with E-state index in [1.807, 2.05) is 6.07 Å². The van der Waals surface area contributed by atoms with Gasteiger partial charge in [0, 0.05) is 22.9 Å². The molecule has 2 heteroatoms. The summed E-state index contributed by atoms with van der Waals surface area (Å²) >= 11 is 0. The Morgan fingerprint density at radius 1 is 0.810 bits per heavy atom. The summed E-state index contributed by atoms with van der Waals surface area (Å²) in [6, 6.07) is 23.2. The van der Waals surface area contributed by atoms with Crippen LogP contribution in [0.5, 0.6) is 0 Å². The second kappa shape index (κ2) is 4.74. The van der Waals surface area contributed by atoms with Crippen molar-refractivity contribution < 1.29 is 0 Å². The number of fused-ring (bicyclic) bond motifs is 3. The molecule has 0 spiro atoms. The Morgan fingerprint density at radius 3 is 2.38 bits per heavy atom. The molecule has 102 valence electrons. The van der Waals surface area contributed by atoms with Gasteiger partial charge in [0.05, 0.1) is 11.2 Å². The van der Waals surface area contributed by atoms with Crippen molar-refractivity contribution in [2.75, 3.05) is 0 Å². The maximum Gasteiger partial charge on any atom is 0.141 e. The van der Waals surface area contributed by atoms with Crippen molar-refractivity contribution in [1.29, 1.82) is 0 Å². The zero-order valence-corrected chi connectivity index (χ0v) is 12.0. The quantitative estimate of drug-likeness (QED) is 0.508. The average Bonchev–Trinajstić information content (AvgIpc) is 2.88. The van der Waals surface area contributed by atoms with Crippen LogP contribution in [0, 0.1) is 0 Å². The van der Waals surface area contributed by atoms with Gasteiger partial charge in [-0.3, -0.25) is 0 Å². The van der Waals surface area contributed by atoms with Crippen molar-refractivity contribution in [3.8, 4) is 11.3 Å². The van der Waals surface area contributed by atoms with Crippen molar-refractivity contribution >= 4 is 21.9 Å². The molecular weight excluding hydrogens is 256 g/mol. The number of benzene rings is 2. The molecule has 0 radical (unpaired) electrons. The fraction of sp³-hybridized carbons (Fsp3) is 0.105. The van der Waals surface area contributed by atoms with Gasteiger partial charge < -0.3 is 4.57 Å². The van der Waals surface area contributed by atoms with E-state index in [2.05, 4.69) is 72.2 Å². The van der Waals surface area contributed by atoms with E-state index >= 15 is 0 Å². The third kappa shape index (κ3) is 1.83. The third-order valence-corrected chi connectivity index (χ3v) is 4.00. The van der Waals surface area contributed by atoms with Crippen LogP contribution in [0.2, 0.25) is 0 Å². The first-order valence-corrected chi connectivity index (χ1v) is 7.32. The Hall–Kier alpha value is -2.61. The molecule has 0 amide bonds. The Balaban J connectivity index is 2.06. The number of aryl methyl sites for hydroxylation is 1. The highest BCUT2D eigenvalue weighted by molar-refractivity contribution is 6.07. The number of hydrogen-bond donors (Lipinski definition) is 0. The van der Waals surface area contributed by atoms with Gasteiger partial charge in [-0.25, -0.2) is 4.98 Å². The van der Waals surface area contributed by atoms with E-state index in [0.29, 0.717) is 0 Å². The molecule has 2 nitrogen and oxygen atoms in total. The zero-order chi connectivity index (χ0) is 14.2. The van der Waals surface area contributed by atoms with Crippen molar-refractivity contribution in [3.05, 3.63) is 66.7 Å². The molecule has 0 aliphatic rings. The fourth-order valence-electron chi connectivity index (χ4n) is 3.01. The highest BCUT2D eigenvalue weighted by Gasteiger charge is 2.11. The van der Waals surface area contributed by atoms with Crippen molar-refractivity contribution in [2.24, 2.45) is 0 Å². The van der Waals surface area contributed by atoms with Gasteiger partial charge in [0.15, 0.2) is 0 Å². The van der Waals surface area contributed by atoms with Crippen LogP contribution >= 0.6 is 0 Å². The van der Waals surface area contributed by atoms with Gasteiger partial charge in [0.1, 0.15) is 5.65 Å². The molecule has 0 fully saturated rings. The molecule has 0 saturated heterocycles. The predicted molar refractivity (Wildman–Crippen MR) is 88.3 cm³/mol. The Morgan fingerprint density at radius 2 is 1.57 bits per heavy atom. The first-order chi connectivity index (χ1) is 10.4. The molecule has 0 unspecified atom stereocenters. The number of rotatable bonds is 2. The van der Waals surface area contributed by atoms with Gasteiger partial charge in [-0.05, 0) is 25.1 Å². The lowest BCUT2D eigenvalue weighted by Gasteiger charge is -2.04. The summed E-state index contributed by atoms with van der Waals surface area (Å²) in [6.45, 7) is 3.10. The van der Waals surface area contributed by atoms with Crippen LogP contribution in [0.3, 0.4) is 0 Å². The van der Waals surface area contributed by atoms with Gasteiger partial charge >= 0.3 is 0 Å². The normalized spacial score (nSPS) is 11.3. The number of hydrogen-bond acceptors (Lipinski definition) is 1. The van der Waals surface area contributed by atoms with Gasteiger partial charge in [-0.2, -0.15) is 0 Å². The van der Waals surface area contributed by atoms with Gasteiger partial charge in [0.25, 0.3) is 0 Å². The molecule has 2 heterocycles. The lowest BCUT2D eigenvalue weighted by molar-refractivity contribution is 0.817. The molecule has 0 N–H and O–H groups in total. The monoisotopic (exact) mass is 272 g/mol. The van der Waals surface area contributed by atoms with Crippen LogP contribution < -0.4 is 0 Å². The van der Waals surface area contributed by atoms with Gasteiger partial charge in [-0.1, -0.05) is 48.5 Å². The first-order valence-electron chi connectivity index (χ1n) is 7.32. The predicted octanol–water partition coefficient (Wildman–Crippen LogP) is 4.88. The van der Waals surface area contributed by atoms with Crippen molar-refractivity contribution in [3.63, 3.8) is 0 Å². The summed E-state index contributed by atoms with van der Waals surface area (Å²) in [5.41, 5.74) is 4.51. The van der Waals surface area contributed by atoms with E-state index < -0.39 is 0 Å². The second-order valence-corrected chi connectivity index (χ2v) is 5.20. The number of aromatic nitrogens is 2. The Bertz CT molecular complexity index is 920. The van der Waals surface area contributed by atoms with Crippen LogP contribution in [-0.2, 0) is 6.54 Å². The lowest BCUT2D eigenvalue weighted by Crippen LogP contribution is -1.95. The molecule has 0 bridgehead atoms. The molecule has 0 aliphatic carbocycles. The summed E-state index contributed by atoms with van der Waals surface area (Å²) in [4.78, 5) is 4.92. The molecule has 21 heavy (non-hydrogen) atoms. The number of nitrogens with zero attached hydrogens (tertiary/aromatic N) is 2. The molecule has 2 aromatic heterocycles. The number of pyridine rings is 1. The van der Waals surface area contributed by atoms with Crippen LogP contribution in [0.1, 0.15) is 6.92 Å². The molecule has 4 rings (SSSR count). The molecule has 2 aromatic carbocycles. The molecular formula is C19H16N2. The first kappa shape index (κ1) is 12.2. The van der Waals surface area contributed by atoms with E-state index in [1.165, 1.54) is 16.3 Å². The lowest BCUT2D eigenvalue weighted by atomic mass is 10.1. The second-order valence-electron chi connectivity index (χ2n) is 5.20. The average molecular weight is 272 g/mol. The van der Waals surface area contributed by atoms with Gasteiger partial charge in [-0.15, -0.1) is 0 Å². The Kier molecular flexibility index (Phi) is 2.74. The number of para-hydroxylation sites is 1. The highest BCUT2D eigenvalue weighted by Crippen LogP contribution is 2.29. The summed E-state index contributed by atoms with van der Waals surface area (Å²) in [5, 5.41) is 2.51. The van der Waals surface area contributed by atoms with Crippen LogP contribution in [0.15, 0.2) is 66.7 Å². The molecule has 0 saturated carbocycles. The smallest absolute Gasteiger partial charge is 0.141 e. The molecule has 4 aromatic rings. The zero-order valence-electron chi connectivity index (χ0n) is 12.0. The fourth-order valence-corrected chi connectivity index (χ4v) is 3.01. The van der Waals surface area contributed by atoms with E-state index in [1.54, 1.807) is 0 Å². The SMILES string of the molecule is CCn1c2ccccc2c2ccc(-c3ccccc3)nc21. The van der Waals surface area contributed by atoms with Gasteiger partial charge in [0.2, 0.25) is 0 Å². The van der Waals surface area contributed by atoms with Crippen LogP contribution in [-0.4, -0.2) is 9.55 Å². The van der Waals surface area contributed by atoms with Crippen molar-refractivity contribution in [2.45, 2.75) is 13.5 Å². The Labute approximate surface area is 123 Å². The van der Waals surface area contributed by atoms with Crippen molar-refractivity contribution in [1.82, 2.24) is 9.55 Å². The largest absolute Gasteiger partial charge is 0.326 e. The minimum absolute atomic E-state index is 0.926. The summed E-state index contributed by atoms with van der Waals surface area (Å²) in [6.07, 6.45) is 0. The standard InChI is InChI=1S/C19H16N2/c1-2-21-18-11-7-6-10-15(18)16-12-13-17(20-19(16)21)14-8-4-3-5-9-14/h3-13H,2H2,1H3. The summed E-state index contributed by atoms with van der Waals surface area (Å²) < 4.78 is 2.29. The van der Waals surface area contributed by atoms with E-state index in [0.717, 1.165) is 23.4 Å². The topological polar surface area (TPSA) is 17.8 Å². The minimum Gasteiger partial charge on any atom is -0.326 e. The van der Waals surface area contributed by atoms with E-state index in [4.69, 9.17) is 4.98 Å². The highest BCUT2D eigenvalue weighted by atomic mass is 15.0. The third-order valence-electron chi connectivity index (χ3n) is 4.00. The maximum absolute atomic E-state index is 4.92.